The molecule has 13 heavy (non-hydrogen) atoms. The largest absolute Gasteiger partial charge is 0.463 e. The molecule has 1 aromatic rings. The summed E-state index contributed by atoms with van der Waals surface area (Å²) in [7, 11) is 0. The first-order valence-electron chi connectivity index (χ1n) is 3.81. The predicted molar refractivity (Wildman–Crippen MR) is 42.9 cm³/mol. The van der Waals surface area contributed by atoms with E-state index >= 15 is 0 Å². The first-order valence-corrected chi connectivity index (χ1v) is 3.81. The van der Waals surface area contributed by atoms with E-state index in [1.807, 2.05) is 0 Å². The molecule has 4 nitrogen and oxygen atoms in total. The van der Waals surface area contributed by atoms with Crippen molar-refractivity contribution in [1.82, 2.24) is 4.98 Å². The van der Waals surface area contributed by atoms with Gasteiger partial charge in [-0.15, -0.1) is 5.12 Å². The van der Waals surface area contributed by atoms with Crippen molar-refractivity contribution in [3.8, 4) is 5.88 Å². The minimum absolute atomic E-state index is 0.0607. The number of fused-ring (bicyclic) bond motifs is 1. The number of anilines is 1. The van der Waals surface area contributed by atoms with E-state index < -0.39 is 12.0 Å². The van der Waals surface area contributed by atoms with Gasteiger partial charge in [0.2, 0.25) is 5.88 Å². The van der Waals surface area contributed by atoms with Crippen LogP contribution in [-0.2, 0) is 4.79 Å². The van der Waals surface area contributed by atoms with Gasteiger partial charge in [0.25, 0.3) is 5.91 Å². The van der Waals surface area contributed by atoms with E-state index in [9.17, 15) is 9.28 Å². The van der Waals surface area contributed by atoms with E-state index in [0.29, 0.717) is 0 Å². The Balaban J connectivity index is 2.49. The highest BCUT2D eigenvalue weighted by Gasteiger charge is 2.32. The number of amides is 1. The number of nitrogens with zero attached hydrogens (tertiary/aromatic N) is 2. The monoisotopic (exact) mass is 182 g/mol. The molecule has 1 aliphatic rings. The molecule has 1 unspecified atom stereocenters. The number of hydrogen-bond donors (Lipinski definition) is 0. The zero-order chi connectivity index (χ0) is 9.42. The van der Waals surface area contributed by atoms with Crippen molar-refractivity contribution in [2.75, 3.05) is 5.12 Å². The molecule has 0 saturated heterocycles. The highest BCUT2D eigenvalue weighted by Crippen LogP contribution is 2.31. The minimum Gasteiger partial charge on any atom is -0.463 e. The molecule has 0 N–H and O–H groups in total. The summed E-state index contributed by atoms with van der Waals surface area (Å²) < 4.78 is 18.3. The van der Waals surface area contributed by atoms with Gasteiger partial charge >= 0.3 is 0 Å². The maximum atomic E-state index is 13.2. The average molecular weight is 182 g/mol. The van der Waals surface area contributed by atoms with E-state index in [4.69, 9.17) is 4.74 Å². The van der Waals surface area contributed by atoms with Gasteiger partial charge in [-0.2, -0.15) is 0 Å². The molecule has 68 valence electrons. The first kappa shape index (κ1) is 7.97. The second-order valence-electron chi connectivity index (χ2n) is 2.71. The topological polar surface area (TPSA) is 42.4 Å². The zero-order valence-electron chi connectivity index (χ0n) is 6.90. The SMILES string of the molecule is CC1Oc2ncccc2N(F)C1=O. The Morgan fingerprint density at radius 1 is 1.69 bits per heavy atom. The van der Waals surface area contributed by atoms with Crippen LogP contribution in [0.3, 0.4) is 0 Å². The van der Waals surface area contributed by atoms with Crippen LogP contribution in [0.25, 0.3) is 0 Å². The fourth-order valence-corrected chi connectivity index (χ4v) is 1.12. The molecule has 0 spiro atoms. The van der Waals surface area contributed by atoms with Crippen LogP contribution in [0, 0.1) is 0 Å². The van der Waals surface area contributed by atoms with Crippen LogP contribution in [-0.4, -0.2) is 17.0 Å². The van der Waals surface area contributed by atoms with Gasteiger partial charge in [0.15, 0.2) is 6.10 Å². The van der Waals surface area contributed by atoms with Crippen molar-refractivity contribution >= 4 is 11.6 Å². The molecule has 0 fully saturated rings. The molecule has 0 bridgehead atoms. The fraction of sp³-hybridized carbons (Fsp3) is 0.250. The van der Waals surface area contributed by atoms with E-state index in [-0.39, 0.29) is 16.7 Å². The highest BCUT2D eigenvalue weighted by atomic mass is 19.2. The van der Waals surface area contributed by atoms with Crippen molar-refractivity contribution < 1.29 is 14.0 Å². The number of rotatable bonds is 0. The lowest BCUT2D eigenvalue weighted by Gasteiger charge is -2.24. The number of carbonyl (C=O) groups is 1. The summed E-state index contributed by atoms with van der Waals surface area (Å²) in [5, 5.41) is 0.0660. The third kappa shape index (κ3) is 1.12. The smallest absolute Gasteiger partial charge is 0.295 e. The summed E-state index contributed by atoms with van der Waals surface area (Å²) in [6, 6.07) is 2.98. The lowest BCUT2D eigenvalue weighted by Crippen LogP contribution is -2.39. The van der Waals surface area contributed by atoms with Crippen LogP contribution in [0.4, 0.5) is 10.2 Å². The van der Waals surface area contributed by atoms with Gasteiger partial charge in [-0.1, -0.05) is 4.48 Å². The Morgan fingerprint density at radius 2 is 2.46 bits per heavy atom. The lowest BCUT2D eigenvalue weighted by atomic mass is 10.3. The van der Waals surface area contributed by atoms with Gasteiger partial charge in [-0.25, -0.2) is 4.98 Å². The second-order valence-corrected chi connectivity index (χ2v) is 2.71. The Kier molecular flexibility index (Phi) is 1.65. The van der Waals surface area contributed by atoms with Gasteiger partial charge < -0.3 is 4.74 Å². The van der Waals surface area contributed by atoms with Crippen LogP contribution in [0.1, 0.15) is 6.92 Å². The molecule has 1 amide bonds. The molecule has 1 aliphatic heterocycles. The summed E-state index contributed by atoms with van der Waals surface area (Å²) in [6.45, 7) is 1.48. The third-order valence-electron chi connectivity index (χ3n) is 1.79. The van der Waals surface area contributed by atoms with Crippen molar-refractivity contribution in [2.45, 2.75) is 13.0 Å². The Hall–Kier alpha value is -1.65. The number of aromatic nitrogens is 1. The summed E-state index contributed by atoms with van der Waals surface area (Å²) in [4.78, 5) is 14.9. The molecular weight excluding hydrogens is 175 g/mol. The van der Waals surface area contributed by atoms with Gasteiger partial charge in [-0.05, 0) is 19.1 Å². The number of hydrogen-bond acceptors (Lipinski definition) is 3. The van der Waals surface area contributed by atoms with Crippen molar-refractivity contribution in [3.05, 3.63) is 18.3 Å². The van der Waals surface area contributed by atoms with Crippen molar-refractivity contribution in [2.24, 2.45) is 0 Å². The molecule has 0 saturated carbocycles. The van der Waals surface area contributed by atoms with E-state index in [0.717, 1.165) is 0 Å². The van der Waals surface area contributed by atoms with E-state index in [2.05, 4.69) is 4.98 Å². The van der Waals surface area contributed by atoms with Gasteiger partial charge in [0.05, 0.1) is 0 Å². The third-order valence-corrected chi connectivity index (χ3v) is 1.79. The molecule has 1 aromatic heterocycles. The number of ether oxygens (including phenoxy) is 1. The molecule has 1 atom stereocenters. The molecule has 0 aromatic carbocycles. The Labute approximate surface area is 73.9 Å². The normalized spacial score (nSPS) is 20.9. The molecule has 5 heteroatoms. The molecule has 2 rings (SSSR count). The summed E-state index contributed by atoms with van der Waals surface area (Å²) in [5.74, 6) is -0.558. The molecular formula is C8H7FN2O2. The number of carbonyl (C=O) groups excluding carboxylic acids is 1. The van der Waals surface area contributed by atoms with Crippen LogP contribution < -0.4 is 9.86 Å². The number of halogens is 1. The molecule has 2 heterocycles. The highest BCUT2D eigenvalue weighted by molar-refractivity contribution is 5.97. The maximum Gasteiger partial charge on any atom is 0.295 e. The molecule has 0 aliphatic carbocycles. The fourth-order valence-electron chi connectivity index (χ4n) is 1.12. The van der Waals surface area contributed by atoms with Gasteiger partial charge in [0, 0.05) is 6.20 Å². The summed E-state index contributed by atoms with van der Waals surface area (Å²) >= 11 is 0. The summed E-state index contributed by atoms with van der Waals surface area (Å²) in [5.41, 5.74) is 0.0607. The van der Waals surface area contributed by atoms with Crippen molar-refractivity contribution in [3.63, 3.8) is 0 Å². The maximum absolute atomic E-state index is 13.2. The Bertz CT molecular complexity index is 356. The van der Waals surface area contributed by atoms with Crippen LogP contribution in [0.15, 0.2) is 18.3 Å². The van der Waals surface area contributed by atoms with Gasteiger partial charge in [0.1, 0.15) is 5.69 Å². The molecule has 0 radical (unpaired) electrons. The first-order chi connectivity index (χ1) is 6.20. The van der Waals surface area contributed by atoms with E-state index in [1.165, 1.54) is 25.3 Å². The Morgan fingerprint density at radius 3 is 3.23 bits per heavy atom. The van der Waals surface area contributed by atoms with Crippen LogP contribution in [0.2, 0.25) is 0 Å². The second kappa shape index (κ2) is 2.69. The van der Waals surface area contributed by atoms with Gasteiger partial charge in [-0.3, -0.25) is 4.79 Å². The minimum atomic E-state index is -0.813. The predicted octanol–water partition coefficient (Wildman–Crippen LogP) is 1.08. The van der Waals surface area contributed by atoms with Crippen LogP contribution in [0.5, 0.6) is 5.88 Å². The zero-order valence-corrected chi connectivity index (χ0v) is 6.90. The lowest BCUT2D eigenvalue weighted by molar-refractivity contribution is -0.128. The summed E-state index contributed by atoms with van der Waals surface area (Å²) in [6.07, 6.45) is 0.669. The average Bonchev–Trinajstić information content (AvgIpc) is 2.15. The number of pyridine rings is 1. The van der Waals surface area contributed by atoms with Crippen LogP contribution >= 0.6 is 0 Å². The van der Waals surface area contributed by atoms with Crippen molar-refractivity contribution in [1.29, 1.82) is 0 Å². The van der Waals surface area contributed by atoms with E-state index in [1.54, 1.807) is 0 Å². The standard InChI is InChI=1S/C8H7FN2O2/c1-5-8(12)11(9)6-3-2-4-10-7(6)13-5/h2-5H,1H3. The quantitative estimate of drug-likeness (QED) is 0.564.